The number of carbonyl (C=O) groups excluding carboxylic acids is 2. The van der Waals surface area contributed by atoms with Crippen LogP contribution >= 0.6 is 0 Å². The molecular formula is C12H18N2O2. The molecule has 0 aliphatic carbocycles. The number of nitrogens with one attached hydrogen (secondary N) is 1. The van der Waals surface area contributed by atoms with Crippen molar-refractivity contribution in [1.29, 1.82) is 0 Å². The molecule has 0 aliphatic rings. The van der Waals surface area contributed by atoms with Crippen LogP contribution in [0.3, 0.4) is 0 Å². The van der Waals surface area contributed by atoms with Gasteiger partial charge in [0.05, 0.1) is 0 Å². The van der Waals surface area contributed by atoms with Gasteiger partial charge >= 0.3 is 11.8 Å². The lowest BCUT2D eigenvalue weighted by Crippen LogP contribution is -2.29. The van der Waals surface area contributed by atoms with Gasteiger partial charge in [-0.05, 0) is 12.1 Å². The van der Waals surface area contributed by atoms with Crippen LogP contribution in [0.4, 0.5) is 5.69 Å². The highest BCUT2D eigenvalue weighted by molar-refractivity contribution is 6.39. The molecule has 16 heavy (non-hydrogen) atoms. The van der Waals surface area contributed by atoms with Crippen LogP contribution in [0.15, 0.2) is 30.3 Å². The van der Waals surface area contributed by atoms with E-state index >= 15 is 0 Å². The third-order valence-electron chi connectivity index (χ3n) is 1.76. The normalized spacial score (nSPS) is 8.62. The van der Waals surface area contributed by atoms with E-state index < -0.39 is 11.8 Å². The van der Waals surface area contributed by atoms with Gasteiger partial charge in [0.25, 0.3) is 0 Å². The highest BCUT2D eigenvalue weighted by atomic mass is 16.2. The SMILES string of the molecule is CCCC.NC(=O)C(=O)Nc1ccccc1. The fraction of sp³-hybridized carbons (Fsp3) is 0.333. The number of hydrogen-bond donors (Lipinski definition) is 2. The Morgan fingerprint density at radius 3 is 2.00 bits per heavy atom. The lowest BCUT2D eigenvalue weighted by atomic mass is 10.3. The van der Waals surface area contributed by atoms with Gasteiger partial charge in [-0.1, -0.05) is 44.9 Å². The first-order valence-electron chi connectivity index (χ1n) is 5.27. The minimum absolute atomic E-state index is 0.557. The Morgan fingerprint density at radius 1 is 1.12 bits per heavy atom. The maximum atomic E-state index is 10.7. The van der Waals surface area contributed by atoms with Gasteiger partial charge in [-0.3, -0.25) is 9.59 Å². The zero-order valence-corrected chi connectivity index (χ0v) is 9.69. The number of amides is 2. The van der Waals surface area contributed by atoms with E-state index in [9.17, 15) is 9.59 Å². The van der Waals surface area contributed by atoms with Crippen molar-refractivity contribution < 1.29 is 9.59 Å². The molecule has 0 fully saturated rings. The second-order valence-corrected chi connectivity index (χ2v) is 3.18. The van der Waals surface area contributed by atoms with Crippen LogP contribution in [0.25, 0.3) is 0 Å². The van der Waals surface area contributed by atoms with Gasteiger partial charge in [-0.2, -0.15) is 0 Å². The van der Waals surface area contributed by atoms with Gasteiger partial charge in [0.2, 0.25) is 0 Å². The number of carbonyl (C=O) groups is 2. The first-order chi connectivity index (χ1) is 7.61. The number of hydrogen-bond acceptors (Lipinski definition) is 2. The van der Waals surface area contributed by atoms with E-state index in [0.29, 0.717) is 5.69 Å². The molecular weight excluding hydrogens is 204 g/mol. The van der Waals surface area contributed by atoms with E-state index in [0.717, 1.165) is 0 Å². The topological polar surface area (TPSA) is 72.2 Å². The fourth-order valence-corrected chi connectivity index (χ4v) is 0.714. The molecule has 0 saturated carbocycles. The summed E-state index contributed by atoms with van der Waals surface area (Å²) in [7, 11) is 0. The van der Waals surface area contributed by atoms with Crippen molar-refractivity contribution in [2.45, 2.75) is 26.7 Å². The molecule has 0 spiro atoms. The molecule has 2 amide bonds. The molecule has 0 saturated heterocycles. The Labute approximate surface area is 95.8 Å². The van der Waals surface area contributed by atoms with E-state index in [1.54, 1.807) is 30.3 Å². The van der Waals surface area contributed by atoms with Crippen LogP contribution in [0.5, 0.6) is 0 Å². The Bertz CT molecular complexity index is 321. The van der Waals surface area contributed by atoms with Crippen LogP contribution in [0.1, 0.15) is 26.7 Å². The number of para-hydroxylation sites is 1. The molecule has 0 radical (unpaired) electrons. The largest absolute Gasteiger partial charge is 0.361 e. The molecule has 0 unspecified atom stereocenters. The van der Waals surface area contributed by atoms with Crippen molar-refractivity contribution in [2.75, 3.05) is 5.32 Å². The quantitative estimate of drug-likeness (QED) is 0.750. The first-order valence-corrected chi connectivity index (χ1v) is 5.27. The summed E-state index contributed by atoms with van der Waals surface area (Å²) in [4.78, 5) is 21.0. The summed E-state index contributed by atoms with van der Waals surface area (Å²) in [5.74, 6) is -1.79. The van der Waals surface area contributed by atoms with Crippen molar-refractivity contribution in [3.63, 3.8) is 0 Å². The number of primary amides is 1. The van der Waals surface area contributed by atoms with Gasteiger partial charge in [0.15, 0.2) is 0 Å². The molecule has 0 heterocycles. The molecule has 4 heteroatoms. The average Bonchev–Trinajstić information content (AvgIpc) is 2.30. The summed E-state index contributed by atoms with van der Waals surface area (Å²) >= 11 is 0. The van der Waals surface area contributed by atoms with E-state index in [1.165, 1.54) is 12.8 Å². The molecule has 0 aromatic heterocycles. The van der Waals surface area contributed by atoms with Crippen molar-refractivity contribution in [3.05, 3.63) is 30.3 Å². The molecule has 1 rings (SSSR count). The third kappa shape index (κ3) is 6.59. The first kappa shape index (κ1) is 14.2. The standard InChI is InChI=1S/C8H8N2O2.C4H10/c9-7(11)8(12)10-6-4-2-1-3-5-6;1-3-4-2/h1-5H,(H2,9,11)(H,10,12);3-4H2,1-2H3. The Kier molecular flexibility index (Phi) is 7.49. The Morgan fingerprint density at radius 2 is 1.62 bits per heavy atom. The maximum absolute atomic E-state index is 10.7. The van der Waals surface area contributed by atoms with Crippen LogP contribution in [-0.2, 0) is 9.59 Å². The van der Waals surface area contributed by atoms with E-state index in [-0.39, 0.29) is 0 Å². The fourth-order valence-electron chi connectivity index (χ4n) is 0.714. The van der Waals surface area contributed by atoms with Gasteiger partial charge in [-0.25, -0.2) is 0 Å². The zero-order chi connectivity index (χ0) is 12.4. The summed E-state index contributed by atoms with van der Waals surface area (Å²) in [6, 6.07) is 8.63. The molecule has 3 N–H and O–H groups in total. The average molecular weight is 222 g/mol. The van der Waals surface area contributed by atoms with Gasteiger partial charge in [-0.15, -0.1) is 0 Å². The van der Waals surface area contributed by atoms with E-state index in [4.69, 9.17) is 5.73 Å². The number of anilines is 1. The number of nitrogens with two attached hydrogens (primary N) is 1. The summed E-state index contributed by atoms with van der Waals surface area (Å²) < 4.78 is 0. The maximum Gasteiger partial charge on any atom is 0.313 e. The molecule has 0 aliphatic heterocycles. The van der Waals surface area contributed by atoms with Crippen LogP contribution in [0, 0.1) is 0 Å². The van der Waals surface area contributed by atoms with Crippen molar-refractivity contribution in [2.24, 2.45) is 5.73 Å². The minimum Gasteiger partial charge on any atom is -0.361 e. The molecule has 1 aromatic rings. The van der Waals surface area contributed by atoms with Crippen molar-refractivity contribution in [1.82, 2.24) is 0 Å². The lowest BCUT2D eigenvalue weighted by Gasteiger charge is -1.99. The third-order valence-corrected chi connectivity index (χ3v) is 1.76. The molecule has 88 valence electrons. The minimum atomic E-state index is -0.987. The summed E-state index contributed by atoms with van der Waals surface area (Å²) in [6.07, 6.45) is 2.64. The van der Waals surface area contributed by atoms with E-state index in [1.807, 2.05) is 0 Å². The Hall–Kier alpha value is -1.84. The highest BCUT2D eigenvalue weighted by Gasteiger charge is 2.07. The van der Waals surface area contributed by atoms with Crippen LogP contribution < -0.4 is 11.1 Å². The number of unbranched alkanes of at least 4 members (excludes halogenated alkanes) is 1. The van der Waals surface area contributed by atoms with Crippen molar-refractivity contribution >= 4 is 17.5 Å². The van der Waals surface area contributed by atoms with Crippen LogP contribution in [-0.4, -0.2) is 11.8 Å². The van der Waals surface area contributed by atoms with Gasteiger partial charge < -0.3 is 11.1 Å². The second kappa shape index (κ2) is 8.47. The smallest absolute Gasteiger partial charge is 0.313 e. The predicted molar refractivity (Wildman–Crippen MR) is 64.8 cm³/mol. The molecule has 0 bridgehead atoms. The summed E-state index contributed by atoms with van der Waals surface area (Å²) in [6.45, 7) is 4.36. The van der Waals surface area contributed by atoms with E-state index in [2.05, 4.69) is 19.2 Å². The zero-order valence-electron chi connectivity index (χ0n) is 9.69. The lowest BCUT2D eigenvalue weighted by molar-refractivity contribution is -0.134. The molecule has 0 atom stereocenters. The van der Waals surface area contributed by atoms with Crippen molar-refractivity contribution in [3.8, 4) is 0 Å². The monoisotopic (exact) mass is 222 g/mol. The number of benzene rings is 1. The summed E-state index contributed by atoms with van der Waals surface area (Å²) in [5.41, 5.74) is 5.29. The van der Waals surface area contributed by atoms with Gasteiger partial charge in [0, 0.05) is 5.69 Å². The van der Waals surface area contributed by atoms with Gasteiger partial charge in [0.1, 0.15) is 0 Å². The predicted octanol–water partition coefficient (Wildman–Crippen LogP) is 1.92. The second-order valence-electron chi connectivity index (χ2n) is 3.18. The molecule has 4 nitrogen and oxygen atoms in total. The molecule has 1 aromatic carbocycles. The Balaban J connectivity index is 0.000000487. The summed E-state index contributed by atoms with van der Waals surface area (Å²) in [5, 5.41) is 2.33. The van der Waals surface area contributed by atoms with Crippen LogP contribution in [0.2, 0.25) is 0 Å². The number of rotatable bonds is 2. The highest BCUT2D eigenvalue weighted by Crippen LogP contribution is 2.03.